The minimum atomic E-state index is -0.430. The van der Waals surface area contributed by atoms with Crippen LogP contribution in [0.1, 0.15) is 36.8 Å². The van der Waals surface area contributed by atoms with Gasteiger partial charge in [0.15, 0.2) is 16.7 Å². The highest BCUT2D eigenvalue weighted by atomic mass is 32.2. The summed E-state index contributed by atoms with van der Waals surface area (Å²) in [7, 11) is 1.56. The van der Waals surface area contributed by atoms with Gasteiger partial charge in [-0.3, -0.25) is 9.59 Å². The highest BCUT2D eigenvalue weighted by Crippen LogP contribution is 2.38. The maximum absolute atomic E-state index is 12.7. The van der Waals surface area contributed by atoms with Crippen LogP contribution in [0.2, 0.25) is 0 Å². The van der Waals surface area contributed by atoms with Gasteiger partial charge >= 0.3 is 0 Å². The van der Waals surface area contributed by atoms with Gasteiger partial charge in [-0.05, 0) is 24.1 Å². The molecule has 146 valence electrons. The fourth-order valence-corrected chi connectivity index (χ4v) is 3.59. The molecule has 1 aliphatic heterocycles. The maximum Gasteiger partial charge on any atom is 0.257 e. The summed E-state index contributed by atoms with van der Waals surface area (Å²) >= 11 is 1.23. The van der Waals surface area contributed by atoms with Crippen molar-refractivity contribution in [3.8, 4) is 23.8 Å². The topological polar surface area (TPSA) is 93.3 Å². The Morgan fingerprint density at radius 1 is 1.36 bits per heavy atom. The number of benzene rings is 1. The van der Waals surface area contributed by atoms with Crippen LogP contribution in [0.4, 0.5) is 5.82 Å². The Hall–Kier alpha value is -2.92. The molecule has 3 rings (SSSR count). The SMILES string of the molecule is C#CCSc1nc2c(c(=O)[nH]1)[C@@H](c1ccc(OCCC)c(OC)c1)CC(=O)N2. The zero-order valence-electron chi connectivity index (χ0n) is 15.7. The van der Waals surface area contributed by atoms with Crippen molar-refractivity contribution < 1.29 is 14.3 Å². The molecule has 0 fully saturated rings. The number of amides is 1. The molecule has 1 aliphatic rings. The number of H-pyrrole nitrogens is 1. The van der Waals surface area contributed by atoms with Gasteiger partial charge in [0.2, 0.25) is 5.91 Å². The largest absolute Gasteiger partial charge is 0.493 e. The third-order valence-corrected chi connectivity index (χ3v) is 5.05. The number of ether oxygens (including phenoxy) is 2. The Morgan fingerprint density at radius 3 is 2.89 bits per heavy atom. The van der Waals surface area contributed by atoms with Gasteiger partial charge in [-0.1, -0.05) is 30.7 Å². The van der Waals surface area contributed by atoms with Crippen LogP contribution in [0.15, 0.2) is 28.2 Å². The monoisotopic (exact) mass is 399 g/mol. The Kier molecular flexibility index (Phi) is 6.26. The first-order valence-electron chi connectivity index (χ1n) is 8.88. The van der Waals surface area contributed by atoms with Gasteiger partial charge in [-0.2, -0.15) is 0 Å². The number of fused-ring (bicyclic) bond motifs is 1. The van der Waals surface area contributed by atoms with Crippen LogP contribution in [0.3, 0.4) is 0 Å². The van der Waals surface area contributed by atoms with Gasteiger partial charge in [0.25, 0.3) is 5.56 Å². The van der Waals surface area contributed by atoms with Gasteiger partial charge in [-0.25, -0.2) is 4.98 Å². The zero-order valence-corrected chi connectivity index (χ0v) is 16.5. The van der Waals surface area contributed by atoms with Gasteiger partial charge in [0.05, 0.1) is 25.0 Å². The van der Waals surface area contributed by atoms with Gasteiger partial charge in [0, 0.05) is 12.3 Å². The van der Waals surface area contributed by atoms with Crippen molar-refractivity contribution in [1.82, 2.24) is 9.97 Å². The van der Waals surface area contributed by atoms with Crippen molar-refractivity contribution in [3.63, 3.8) is 0 Å². The molecule has 0 bridgehead atoms. The van der Waals surface area contributed by atoms with E-state index in [0.29, 0.717) is 34.6 Å². The third-order valence-electron chi connectivity index (χ3n) is 4.27. The Labute approximate surface area is 167 Å². The molecule has 0 radical (unpaired) electrons. The second-order valence-electron chi connectivity index (χ2n) is 6.19. The highest BCUT2D eigenvalue weighted by molar-refractivity contribution is 7.99. The summed E-state index contributed by atoms with van der Waals surface area (Å²) in [5, 5.41) is 3.07. The highest BCUT2D eigenvalue weighted by Gasteiger charge is 2.31. The number of carbonyl (C=O) groups excluding carboxylic acids is 1. The predicted octanol–water partition coefficient (Wildman–Crippen LogP) is 2.77. The number of carbonyl (C=O) groups is 1. The molecule has 2 N–H and O–H groups in total. The van der Waals surface area contributed by atoms with Crippen LogP contribution in [0, 0.1) is 12.3 Å². The molecule has 0 saturated heterocycles. The summed E-state index contributed by atoms with van der Waals surface area (Å²) in [5.41, 5.74) is 0.918. The summed E-state index contributed by atoms with van der Waals surface area (Å²) in [6.07, 6.45) is 6.28. The molecule has 2 heterocycles. The number of thioether (sulfide) groups is 1. The number of hydrogen-bond donors (Lipinski definition) is 2. The normalized spacial score (nSPS) is 15.3. The van der Waals surface area contributed by atoms with E-state index in [9.17, 15) is 9.59 Å². The first kappa shape index (κ1) is 19.8. The van der Waals surface area contributed by atoms with Crippen LogP contribution in [0.25, 0.3) is 0 Å². The second kappa shape index (κ2) is 8.85. The number of nitrogens with one attached hydrogen (secondary N) is 2. The quantitative estimate of drug-likeness (QED) is 0.422. The van der Waals surface area contributed by atoms with Crippen molar-refractivity contribution in [2.24, 2.45) is 0 Å². The molecule has 28 heavy (non-hydrogen) atoms. The molecule has 2 aromatic rings. The van der Waals surface area contributed by atoms with E-state index in [4.69, 9.17) is 15.9 Å². The second-order valence-corrected chi connectivity index (χ2v) is 7.15. The number of aromatic nitrogens is 2. The van der Waals surface area contributed by atoms with Gasteiger partial charge in [0.1, 0.15) is 5.82 Å². The van der Waals surface area contributed by atoms with Crippen molar-refractivity contribution >= 4 is 23.5 Å². The smallest absolute Gasteiger partial charge is 0.257 e. The minimum absolute atomic E-state index is 0.146. The lowest BCUT2D eigenvalue weighted by molar-refractivity contribution is -0.116. The summed E-state index contributed by atoms with van der Waals surface area (Å²) in [4.78, 5) is 32.1. The molecule has 0 aliphatic carbocycles. The van der Waals surface area contributed by atoms with E-state index in [1.807, 2.05) is 13.0 Å². The summed E-state index contributed by atoms with van der Waals surface area (Å²) in [5.74, 6) is 3.68. The molecule has 7 nitrogen and oxygen atoms in total. The van der Waals surface area contributed by atoms with Crippen LogP contribution in [-0.4, -0.2) is 35.3 Å². The molecule has 1 atom stereocenters. The molecule has 0 unspecified atom stereocenters. The number of anilines is 1. The van der Waals surface area contributed by atoms with Crippen molar-refractivity contribution in [2.45, 2.75) is 30.8 Å². The predicted molar refractivity (Wildman–Crippen MR) is 108 cm³/mol. The van der Waals surface area contributed by atoms with E-state index in [2.05, 4.69) is 21.2 Å². The molecular formula is C20H21N3O4S. The lowest BCUT2D eigenvalue weighted by Gasteiger charge is -2.25. The number of rotatable bonds is 7. The standard InChI is InChI=1S/C20H21N3O4S/c1-4-8-27-14-7-6-12(10-15(14)26-3)13-11-16(24)21-18-17(13)19(25)23-20(22-18)28-9-5-2/h2,6-7,10,13H,4,8-9,11H2,1,3H3,(H2,21,22,23,24,25)/t13-/m1/s1. The van der Waals surface area contributed by atoms with E-state index in [1.54, 1.807) is 19.2 Å². The van der Waals surface area contributed by atoms with Crippen LogP contribution < -0.4 is 20.3 Å². The van der Waals surface area contributed by atoms with Crippen LogP contribution >= 0.6 is 11.8 Å². The third kappa shape index (κ3) is 4.15. The summed E-state index contributed by atoms with van der Waals surface area (Å²) in [6.45, 7) is 2.60. The molecular weight excluding hydrogens is 378 g/mol. The number of aromatic amines is 1. The van der Waals surface area contributed by atoms with E-state index in [-0.39, 0.29) is 23.7 Å². The molecule has 1 aromatic carbocycles. The number of terminal acetylenes is 1. The number of methoxy groups -OCH3 is 1. The molecule has 8 heteroatoms. The van der Waals surface area contributed by atoms with Crippen molar-refractivity contribution in [3.05, 3.63) is 39.7 Å². The van der Waals surface area contributed by atoms with Crippen molar-refractivity contribution in [2.75, 3.05) is 24.8 Å². The molecule has 1 aromatic heterocycles. The molecule has 0 spiro atoms. The molecule has 1 amide bonds. The zero-order chi connectivity index (χ0) is 20.1. The lowest BCUT2D eigenvalue weighted by atomic mass is 9.86. The lowest BCUT2D eigenvalue weighted by Crippen LogP contribution is -2.31. The van der Waals surface area contributed by atoms with Crippen LogP contribution in [-0.2, 0) is 4.79 Å². The first-order chi connectivity index (χ1) is 13.6. The van der Waals surface area contributed by atoms with E-state index in [1.165, 1.54) is 11.8 Å². The van der Waals surface area contributed by atoms with E-state index in [0.717, 1.165) is 12.0 Å². The van der Waals surface area contributed by atoms with E-state index >= 15 is 0 Å². The Bertz CT molecular complexity index is 980. The Balaban J connectivity index is 2.01. The molecule has 0 saturated carbocycles. The average molecular weight is 399 g/mol. The maximum atomic E-state index is 12.7. The first-order valence-corrected chi connectivity index (χ1v) is 9.87. The van der Waals surface area contributed by atoms with Gasteiger partial charge in [-0.15, -0.1) is 6.42 Å². The summed E-state index contributed by atoms with van der Waals surface area (Å²) in [6, 6.07) is 5.45. The summed E-state index contributed by atoms with van der Waals surface area (Å²) < 4.78 is 11.1. The van der Waals surface area contributed by atoms with Gasteiger partial charge < -0.3 is 19.8 Å². The van der Waals surface area contributed by atoms with E-state index < -0.39 is 5.92 Å². The fraction of sp³-hybridized carbons (Fsp3) is 0.350. The number of nitrogens with zero attached hydrogens (tertiary/aromatic N) is 1. The Morgan fingerprint density at radius 2 is 2.18 bits per heavy atom. The average Bonchev–Trinajstić information content (AvgIpc) is 2.69. The number of hydrogen-bond acceptors (Lipinski definition) is 6. The minimum Gasteiger partial charge on any atom is -0.493 e. The fourth-order valence-electron chi connectivity index (χ4n) is 3.05. The van der Waals surface area contributed by atoms with Crippen molar-refractivity contribution in [1.29, 1.82) is 0 Å². The van der Waals surface area contributed by atoms with Crippen LogP contribution in [0.5, 0.6) is 11.5 Å².